The van der Waals surface area contributed by atoms with Crippen molar-refractivity contribution in [2.45, 2.75) is 13.3 Å². The fraction of sp³-hybridized carbons (Fsp3) is 0.273. The molecule has 0 spiro atoms. The summed E-state index contributed by atoms with van der Waals surface area (Å²) in [5, 5.41) is 4.98. The second-order valence-electron chi connectivity index (χ2n) is 3.14. The number of benzene rings is 1. The van der Waals surface area contributed by atoms with Crippen LogP contribution in [-0.2, 0) is 4.74 Å². The minimum absolute atomic E-state index is 0.491. The van der Waals surface area contributed by atoms with Gasteiger partial charge in [-0.3, -0.25) is 0 Å². The molecule has 0 saturated carbocycles. The van der Waals surface area contributed by atoms with E-state index >= 15 is 0 Å². The highest BCUT2D eigenvalue weighted by Gasteiger charge is 2.08. The molecule has 1 rings (SSSR count). The quantitative estimate of drug-likeness (QED) is 0.678. The van der Waals surface area contributed by atoms with Crippen LogP contribution in [0.2, 0.25) is 10.0 Å². The molecule has 0 saturated heterocycles. The molecule has 0 aliphatic rings. The predicted octanol–water partition coefficient (Wildman–Crippen LogP) is 3.46. The van der Waals surface area contributed by atoms with Gasteiger partial charge in [0, 0.05) is 10.6 Å². The highest BCUT2D eigenvalue weighted by molar-refractivity contribution is 6.37. The number of halogens is 2. The summed E-state index contributed by atoms with van der Waals surface area (Å²) >= 11 is 11.8. The third kappa shape index (κ3) is 3.91. The number of hydrogen-bond donors (Lipinski definition) is 1. The summed E-state index contributed by atoms with van der Waals surface area (Å²) in [6.45, 7) is 1.91. The molecule has 1 aromatic rings. The number of carbonyl (C=O) groups excluding carboxylic acids is 1. The van der Waals surface area contributed by atoms with E-state index in [0.29, 0.717) is 22.2 Å². The zero-order chi connectivity index (χ0) is 12.8. The Balaban J connectivity index is 2.97. The fourth-order valence-electron chi connectivity index (χ4n) is 1.21. The van der Waals surface area contributed by atoms with Crippen molar-refractivity contribution in [3.8, 4) is 0 Å². The number of nitrogens with one attached hydrogen (secondary N) is 1. The summed E-state index contributed by atoms with van der Waals surface area (Å²) in [4.78, 5) is 10.9. The molecule has 0 heterocycles. The zero-order valence-corrected chi connectivity index (χ0v) is 11.0. The number of rotatable bonds is 3. The third-order valence-electron chi connectivity index (χ3n) is 2.04. The minimum atomic E-state index is -0.624. The van der Waals surface area contributed by atoms with Crippen LogP contribution in [0, 0.1) is 0 Å². The molecule has 0 atom stereocenters. The Morgan fingerprint density at radius 3 is 2.71 bits per heavy atom. The molecule has 0 aliphatic carbocycles. The lowest BCUT2D eigenvalue weighted by molar-refractivity contribution is 0.171. The largest absolute Gasteiger partial charge is 0.452 e. The van der Waals surface area contributed by atoms with Crippen LogP contribution in [0.15, 0.2) is 23.3 Å². The Morgan fingerprint density at radius 2 is 2.18 bits per heavy atom. The normalized spacial score (nSPS) is 11.2. The van der Waals surface area contributed by atoms with Gasteiger partial charge in [-0.1, -0.05) is 36.2 Å². The highest BCUT2D eigenvalue weighted by Crippen LogP contribution is 2.22. The maximum absolute atomic E-state index is 10.9. The van der Waals surface area contributed by atoms with Gasteiger partial charge in [0.2, 0.25) is 0 Å². The predicted molar refractivity (Wildman–Crippen MR) is 68.8 cm³/mol. The van der Waals surface area contributed by atoms with Gasteiger partial charge in [0.05, 0.1) is 17.8 Å². The van der Waals surface area contributed by atoms with E-state index in [-0.39, 0.29) is 0 Å². The smallest absolute Gasteiger partial charge is 0.427 e. The first kappa shape index (κ1) is 13.8. The van der Waals surface area contributed by atoms with Crippen LogP contribution < -0.4 is 5.43 Å². The van der Waals surface area contributed by atoms with Crippen molar-refractivity contribution in [2.75, 3.05) is 7.11 Å². The third-order valence-corrected chi connectivity index (χ3v) is 2.59. The molecule has 1 N–H and O–H groups in total. The first-order chi connectivity index (χ1) is 8.08. The summed E-state index contributed by atoms with van der Waals surface area (Å²) in [6.07, 6.45) is -0.00763. The van der Waals surface area contributed by atoms with Crippen LogP contribution >= 0.6 is 23.2 Å². The van der Waals surface area contributed by atoms with Crippen LogP contribution in [0.5, 0.6) is 0 Å². The van der Waals surface area contributed by atoms with Gasteiger partial charge in [0.25, 0.3) is 0 Å². The van der Waals surface area contributed by atoms with Crippen LogP contribution in [0.25, 0.3) is 0 Å². The molecular formula is C11H12Cl2N2O2. The fourth-order valence-corrected chi connectivity index (χ4v) is 1.73. The minimum Gasteiger partial charge on any atom is -0.452 e. The molecule has 1 aromatic carbocycles. The molecular weight excluding hydrogens is 263 g/mol. The van der Waals surface area contributed by atoms with Crippen molar-refractivity contribution in [1.82, 2.24) is 5.43 Å². The number of amides is 1. The molecule has 1 amide bonds. The van der Waals surface area contributed by atoms with Crippen molar-refractivity contribution in [2.24, 2.45) is 5.10 Å². The van der Waals surface area contributed by atoms with Crippen LogP contribution in [-0.4, -0.2) is 18.9 Å². The Hall–Kier alpha value is -1.26. The van der Waals surface area contributed by atoms with E-state index in [1.165, 1.54) is 7.11 Å². The summed E-state index contributed by atoms with van der Waals surface area (Å²) in [5.41, 5.74) is 3.64. The molecule has 0 fully saturated rings. The molecule has 0 unspecified atom stereocenters. The standard InChI is InChI=1S/C11H12Cl2N2O2/c1-3-10(14-15-11(16)17-2)8-5-4-7(12)6-9(8)13/h4-6H,3H2,1-2H3,(H,15,16)/b14-10+. The van der Waals surface area contributed by atoms with Crippen molar-refractivity contribution in [3.05, 3.63) is 33.8 Å². The van der Waals surface area contributed by atoms with Gasteiger partial charge in [-0.05, 0) is 18.6 Å². The van der Waals surface area contributed by atoms with E-state index in [4.69, 9.17) is 23.2 Å². The lowest BCUT2D eigenvalue weighted by atomic mass is 10.1. The molecule has 6 heteroatoms. The SMILES string of the molecule is CC/C(=N\NC(=O)OC)c1ccc(Cl)cc1Cl. The Morgan fingerprint density at radius 1 is 1.47 bits per heavy atom. The maximum atomic E-state index is 10.9. The second kappa shape index (κ2) is 6.47. The number of methoxy groups -OCH3 is 1. The van der Waals surface area contributed by atoms with Crippen molar-refractivity contribution in [3.63, 3.8) is 0 Å². The first-order valence-electron chi connectivity index (χ1n) is 4.94. The van der Waals surface area contributed by atoms with E-state index in [1.807, 2.05) is 6.92 Å². The molecule has 0 bridgehead atoms. The van der Waals surface area contributed by atoms with Gasteiger partial charge in [-0.25, -0.2) is 10.2 Å². The molecule has 17 heavy (non-hydrogen) atoms. The van der Waals surface area contributed by atoms with E-state index in [2.05, 4.69) is 15.3 Å². The van der Waals surface area contributed by atoms with Crippen LogP contribution in [0.1, 0.15) is 18.9 Å². The summed E-state index contributed by atoms with van der Waals surface area (Å²) in [7, 11) is 1.27. The van der Waals surface area contributed by atoms with Crippen LogP contribution in [0.3, 0.4) is 0 Å². The number of ether oxygens (including phenoxy) is 1. The lowest BCUT2D eigenvalue weighted by Crippen LogP contribution is -2.19. The monoisotopic (exact) mass is 274 g/mol. The van der Waals surface area contributed by atoms with Gasteiger partial charge in [-0.2, -0.15) is 5.10 Å². The molecule has 4 nitrogen and oxygen atoms in total. The Kier molecular flexibility index (Phi) is 5.25. The van der Waals surface area contributed by atoms with E-state index in [9.17, 15) is 4.79 Å². The number of hydrogen-bond acceptors (Lipinski definition) is 3. The number of hydrazone groups is 1. The summed E-state index contributed by atoms with van der Waals surface area (Å²) < 4.78 is 4.42. The van der Waals surface area contributed by atoms with Gasteiger partial charge >= 0.3 is 6.09 Å². The Bertz CT molecular complexity index is 447. The maximum Gasteiger partial charge on any atom is 0.427 e. The van der Waals surface area contributed by atoms with Gasteiger partial charge < -0.3 is 4.74 Å². The number of carbonyl (C=O) groups is 1. The van der Waals surface area contributed by atoms with E-state index in [0.717, 1.165) is 5.56 Å². The first-order valence-corrected chi connectivity index (χ1v) is 5.70. The van der Waals surface area contributed by atoms with Gasteiger partial charge in [-0.15, -0.1) is 0 Å². The van der Waals surface area contributed by atoms with Gasteiger partial charge in [0.1, 0.15) is 0 Å². The van der Waals surface area contributed by atoms with Crippen LogP contribution in [0.4, 0.5) is 4.79 Å². The number of nitrogens with zero attached hydrogens (tertiary/aromatic N) is 1. The molecule has 0 aliphatic heterocycles. The van der Waals surface area contributed by atoms with E-state index < -0.39 is 6.09 Å². The van der Waals surface area contributed by atoms with Crippen molar-refractivity contribution < 1.29 is 9.53 Å². The van der Waals surface area contributed by atoms with Gasteiger partial charge in [0.15, 0.2) is 0 Å². The second-order valence-corrected chi connectivity index (χ2v) is 3.98. The molecule has 0 aromatic heterocycles. The van der Waals surface area contributed by atoms with E-state index in [1.54, 1.807) is 18.2 Å². The summed E-state index contributed by atoms with van der Waals surface area (Å²) in [6, 6.07) is 5.10. The Labute approximate surface area is 110 Å². The zero-order valence-electron chi connectivity index (χ0n) is 9.46. The highest BCUT2D eigenvalue weighted by atomic mass is 35.5. The molecule has 92 valence electrons. The molecule has 0 radical (unpaired) electrons. The lowest BCUT2D eigenvalue weighted by Gasteiger charge is -2.07. The topological polar surface area (TPSA) is 50.7 Å². The van der Waals surface area contributed by atoms with Crippen molar-refractivity contribution >= 4 is 35.0 Å². The van der Waals surface area contributed by atoms with Crippen molar-refractivity contribution in [1.29, 1.82) is 0 Å². The summed E-state index contributed by atoms with van der Waals surface area (Å²) in [5.74, 6) is 0. The average Bonchev–Trinajstić information content (AvgIpc) is 2.31. The average molecular weight is 275 g/mol.